The monoisotopic (exact) mass is 509 g/mol. The van der Waals surface area contributed by atoms with Crippen LogP contribution >= 0.6 is 11.3 Å². The Kier molecular flexibility index (Phi) is 8.04. The van der Waals surface area contributed by atoms with Crippen molar-refractivity contribution in [2.24, 2.45) is 5.92 Å². The van der Waals surface area contributed by atoms with E-state index in [2.05, 4.69) is 20.6 Å². The van der Waals surface area contributed by atoms with Crippen molar-refractivity contribution < 1.29 is 19.1 Å². The first-order valence-corrected chi connectivity index (χ1v) is 12.8. The minimum Gasteiger partial charge on any atom is -0.477 e. The highest BCUT2D eigenvalue weighted by atomic mass is 32.1. The lowest BCUT2D eigenvalue weighted by atomic mass is 9.98. The number of pyridine rings is 1. The number of hydrogen-bond acceptors (Lipinski definition) is 7. The van der Waals surface area contributed by atoms with Crippen molar-refractivity contribution in [2.45, 2.75) is 39.2 Å². The Hall–Kier alpha value is -3.66. The lowest BCUT2D eigenvalue weighted by Crippen LogP contribution is -2.42. The van der Waals surface area contributed by atoms with Gasteiger partial charge >= 0.3 is 12.1 Å². The molecule has 3 amide bonds. The van der Waals surface area contributed by atoms with Crippen molar-refractivity contribution in [3.63, 3.8) is 0 Å². The van der Waals surface area contributed by atoms with E-state index < -0.39 is 11.6 Å². The molecule has 1 aromatic carbocycles. The molecule has 0 radical (unpaired) electrons. The molecular weight excluding hydrogens is 478 g/mol. The van der Waals surface area contributed by atoms with Gasteiger partial charge in [-0.2, -0.15) is 4.98 Å². The van der Waals surface area contributed by atoms with Crippen LogP contribution in [0.3, 0.4) is 0 Å². The van der Waals surface area contributed by atoms with E-state index in [1.807, 2.05) is 51.1 Å². The number of carbonyl (C=O) groups is 2. The number of ether oxygens (including phenoxy) is 2. The summed E-state index contributed by atoms with van der Waals surface area (Å²) in [5, 5.41) is 8.08. The molecule has 1 aliphatic rings. The molecule has 1 aliphatic heterocycles. The first-order valence-electron chi connectivity index (χ1n) is 11.9. The standard InChI is InChI=1S/C26H31N5O4S/c1-26(2,3)35-25(33)31-14-12-18(13-15-31)16-34-22-11-7-10-20(27-22)29-24(32)30-21-17-36-23(28-21)19-8-5-4-6-9-19/h4-11,17-18H,12-16H2,1-3H3,(H2,27,29,30,32). The fourth-order valence-corrected chi connectivity index (χ4v) is 4.44. The van der Waals surface area contributed by atoms with Crippen LogP contribution in [0.1, 0.15) is 33.6 Å². The van der Waals surface area contributed by atoms with E-state index in [1.54, 1.807) is 28.5 Å². The Morgan fingerprint density at radius 2 is 1.72 bits per heavy atom. The van der Waals surface area contributed by atoms with E-state index in [0.29, 0.717) is 43.1 Å². The van der Waals surface area contributed by atoms with Gasteiger partial charge in [0.15, 0.2) is 0 Å². The molecule has 0 spiro atoms. The summed E-state index contributed by atoms with van der Waals surface area (Å²) in [7, 11) is 0. The number of likely N-dealkylation sites (tertiary alicyclic amines) is 1. The smallest absolute Gasteiger partial charge is 0.410 e. The maximum atomic E-state index is 12.4. The normalized spacial score (nSPS) is 14.2. The summed E-state index contributed by atoms with van der Waals surface area (Å²) in [6.07, 6.45) is 1.39. The zero-order valence-electron chi connectivity index (χ0n) is 20.7. The number of benzene rings is 1. The highest BCUT2D eigenvalue weighted by molar-refractivity contribution is 7.13. The first kappa shape index (κ1) is 25.4. The summed E-state index contributed by atoms with van der Waals surface area (Å²) in [4.78, 5) is 35.2. The van der Waals surface area contributed by atoms with E-state index in [1.165, 1.54) is 11.3 Å². The highest BCUT2D eigenvalue weighted by Gasteiger charge is 2.27. The molecule has 36 heavy (non-hydrogen) atoms. The third kappa shape index (κ3) is 7.42. The molecule has 1 saturated heterocycles. The molecule has 1 fully saturated rings. The summed E-state index contributed by atoms with van der Waals surface area (Å²) in [6.45, 7) is 7.37. The largest absolute Gasteiger partial charge is 0.477 e. The number of hydrogen-bond donors (Lipinski definition) is 2. The first-order chi connectivity index (χ1) is 17.2. The summed E-state index contributed by atoms with van der Waals surface area (Å²) in [5.41, 5.74) is 0.502. The number of aromatic nitrogens is 2. The molecule has 3 aromatic rings. The second-order valence-corrected chi connectivity index (χ2v) is 10.4. The predicted molar refractivity (Wildman–Crippen MR) is 140 cm³/mol. The minimum atomic E-state index is -0.496. The van der Waals surface area contributed by atoms with Crippen LogP contribution in [-0.2, 0) is 4.74 Å². The van der Waals surface area contributed by atoms with Gasteiger partial charge in [-0.05, 0) is 45.6 Å². The van der Waals surface area contributed by atoms with Crippen LogP contribution in [0.4, 0.5) is 21.2 Å². The second-order valence-electron chi connectivity index (χ2n) is 9.57. The van der Waals surface area contributed by atoms with Crippen molar-refractivity contribution in [1.82, 2.24) is 14.9 Å². The van der Waals surface area contributed by atoms with Gasteiger partial charge in [-0.25, -0.2) is 14.6 Å². The van der Waals surface area contributed by atoms with E-state index in [-0.39, 0.29) is 6.09 Å². The van der Waals surface area contributed by atoms with Gasteiger partial charge in [0.2, 0.25) is 5.88 Å². The number of nitrogens with one attached hydrogen (secondary N) is 2. The minimum absolute atomic E-state index is 0.269. The molecule has 0 unspecified atom stereocenters. The molecule has 4 rings (SSSR count). The Bertz CT molecular complexity index is 1170. The molecule has 0 aliphatic carbocycles. The lowest BCUT2D eigenvalue weighted by molar-refractivity contribution is 0.0164. The summed E-state index contributed by atoms with van der Waals surface area (Å²) >= 11 is 1.46. The molecule has 10 heteroatoms. The predicted octanol–water partition coefficient (Wildman–Crippen LogP) is 5.88. The summed E-state index contributed by atoms with van der Waals surface area (Å²) < 4.78 is 11.3. The van der Waals surface area contributed by atoms with Crippen molar-refractivity contribution >= 4 is 35.1 Å². The van der Waals surface area contributed by atoms with Crippen molar-refractivity contribution in [3.8, 4) is 16.5 Å². The lowest BCUT2D eigenvalue weighted by Gasteiger charge is -2.33. The average molecular weight is 510 g/mol. The maximum Gasteiger partial charge on any atom is 0.410 e. The van der Waals surface area contributed by atoms with E-state index in [9.17, 15) is 9.59 Å². The topological polar surface area (TPSA) is 106 Å². The molecule has 190 valence electrons. The highest BCUT2D eigenvalue weighted by Crippen LogP contribution is 2.26. The van der Waals surface area contributed by atoms with Crippen LogP contribution in [0.25, 0.3) is 10.6 Å². The average Bonchev–Trinajstić information content (AvgIpc) is 3.31. The number of carbonyl (C=O) groups excluding carboxylic acids is 2. The fraction of sp³-hybridized carbons (Fsp3) is 0.385. The van der Waals surface area contributed by atoms with Crippen molar-refractivity contribution in [1.29, 1.82) is 0 Å². The van der Waals surface area contributed by atoms with Gasteiger partial charge in [0.1, 0.15) is 22.2 Å². The van der Waals surface area contributed by atoms with E-state index in [0.717, 1.165) is 23.4 Å². The number of anilines is 2. The molecule has 0 bridgehead atoms. The number of nitrogens with zero attached hydrogens (tertiary/aromatic N) is 3. The molecule has 3 heterocycles. The number of thiazole rings is 1. The fourth-order valence-electron chi connectivity index (χ4n) is 3.69. The molecule has 9 nitrogen and oxygen atoms in total. The summed E-state index contributed by atoms with van der Waals surface area (Å²) in [6, 6.07) is 14.6. The Labute approximate surface area is 214 Å². The van der Waals surface area contributed by atoms with Gasteiger partial charge in [-0.1, -0.05) is 36.4 Å². The summed E-state index contributed by atoms with van der Waals surface area (Å²) in [5.74, 6) is 1.60. The van der Waals surface area contributed by atoms with Gasteiger partial charge in [-0.3, -0.25) is 10.6 Å². The third-order valence-corrected chi connectivity index (χ3v) is 6.36. The van der Waals surface area contributed by atoms with Crippen molar-refractivity contribution in [3.05, 3.63) is 53.9 Å². The van der Waals surface area contributed by atoms with Crippen molar-refractivity contribution in [2.75, 3.05) is 30.3 Å². The molecular formula is C26H31N5O4S. The van der Waals surface area contributed by atoms with E-state index >= 15 is 0 Å². The zero-order chi connectivity index (χ0) is 25.5. The quantitative estimate of drug-likeness (QED) is 0.430. The van der Waals surface area contributed by atoms with E-state index in [4.69, 9.17) is 9.47 Å². The Morgan fingerprint density at radius 3 is 2.44 bits per heavy atom. The molecule has 0 atom stereocenters. The van der Waals surface area contributed by atoms with Crippen LogP contribution in [-0.4, -0.2) is 52.3 Å². The molecule has 2 N–H and O–H groups in total. The third-order valence-electron chi connectivity index (χ3n) is 5.46. The zero-order valence-corrected chi connectivity index (χ0v) is 21.5. The van der Waals surface area contributed by atoms with Gasteiger partial charge in [0.05, 0.1) is 6.61 Å². The number of amides is 3. The maximum absolute atomic E-state index is 12.4. The van der Waals surface area contributed by atoms with Gasteiger partial charge in [0, 0.05) is 30.1 Å². The molecule has 0 saturated carbocycles. The van der Waals surface area contributed by atoms with Gasteiger partial charge < -0.3 is 14.4 Å². The Morgan fingerprint density at radius 1 is 1.00 bits per heavy atom. The Balaban J connectivity index is 1.23. The van der Waals surface area contributed by atoms with Crippen LogP contribution in [0.2, 0.25) is 0 Å². The number of rotatable bonds is 6. The van der Waals surface area contributed by atoms with Crippen LogP contribution < -0.4 is 15.4 Å². The van der Waals surface area contributed by atoms with Gasteiger partial charge in [0.25, 0.3) is 0 Å². The SMILES string of the molecule is CC(C)(C)OC(=O)N1CCC(COc2cccc(NC(=O)Nc3csc(-c4ccccc4)n3)n2)CC1. The van der Waals surface area contributed by atoms with Crippen LogP contribution in [0, 0.1) is 5.92 Å². The molecule has 2 aromatic heterocycles. The number of urea groups is 1. The van der Waals surface area contributed by atoms with Crippen LogP contribution in [0.15, 0.2) is 53.9 Å². The second kappa shape index (κ2) is 11.4. The van der Waals surface area contributed by atoms with Gasteiger partial charge in [-0.15, -0.1) is 11.3 Å². The number of piperidine rings is 1. The van der Waals surface area contributed by atoms with Crippen LogP contribution in [0.5, 0.6) is 5.88 Å².